The van der Waals surface area contributed by atoms with Crippen LogP contribution in [-0.4, -0.2) is 65.3 Å². The lowest BCUT2D eigenvalue weighted by Crippen LogP contribution is -2.51. The molecule has 2 aromatic heterocycles. The quantitative estimate of drug-likeness (QED) is 0.260. The number of anilines is 1. The van der Waals surface area contributed by atoms with Gasteiger partial charge < -0.3 is 15.0 Å². The molecule has 0 spiro atoms. The van der Waals surface area contributed by atoms with Crippen molar-refractivity contribution in [3.05, 3.63) is 82.8 Å². The Bertz CT molecular complexity index is 1920. The van der Waals surface area contributed by atoms with Crippen molar-refractivity contribution in [2.45, 2.75) is 63.4 Å². The number of piperidine rings is 1. The number of hydrogen-bond donors (Lipinski definition) is 1. The largest absolute Gasteiger partial charge is 0.444 e. The molecule has 13 heteroatoms. The van der Waals surface area contributed by atoms with E-state index in [0.29, 0.717) is 33.4 Å². The Morgan fingerprint density at radius 3 is 2.52 bits per heavy atom. The number of ether oxygens (including phenoxy) is 1. The third kappa shape index (κ3) is 8.11. The highest BCUT2D eigenvalue weighted by atomic mass is 32.2. The van der Waals surface area contributed by atoms with Crippen molar-refractivity contribution in [2.24, 2.45) is 0 Å². The van der Waals surface area contributed by atoms with Gasteiger partial charge in [-0.3, -0.25) is 0 Å². The minimum absolute atomic E-state index is 0.0393. The molecule has 4 aromatic rings. The number of aromatic nitrogens is 3. The average Bonchev–Trinajstić information content (AvgIpc) is 2.97. The predicted octanol–water partition coefficient (Wildman–Crippen LogP) is 5.89. The Labute approximate surface area is 266 Å². The van der Waals surface area contributed by atoms with Crippen molar-refractivity contribution in [2.75, 3.05) is 18.4 Å². The number of alkyl halides is 1. The molecule has 10 nitrogen and oxygen atoms in total. The van der Waals surface area contributed by atoms with Crippen LogP contribution < -0.4 is 5.32 Å². The Hall–Kier alpha value is -4.70. The monoisotopic (exact) mass is 648 g/mol. The smallest absolute Gasteiger partial charge is 0.410 e. The lowest BCUT2D eigenvalue weighted by molar-refractivity contribution is 0.0124. The molecule has 1 aliphatic heterocycles. The van der Waals surface area contributed by atoms with E-state index in [1.807, 2.05) is 13.0 Å². The van der Waals surface area contributed by atoms with E-state index in [2.05, 4.69) is 20.3 Å². The zero-order chi connectivity index (χ0) is 33.2. The van der Waals surface area contributed by atoms with E-state index in [1.165, 1.54) is 23.2 Å². The van der Waals surface area contributed by atoms with Gasteiger partial charge in [0.15, 0.2) is 9.84 Å². The van der Waals surface area contributed by atoms with Gasteiger partial charge in [0.05, 0.1) is 47.1 Å². The normalized spacial score (nSPS) is 17.0. The van der Waals surface area contributed by atoms with E-state index in [0.717, 1.165) is 5.56 Å². The van der Waals surface area contributed by atoms with Gasteiger partial charge in [-0.25, -0.2) is 36.9 Å². The van der Waals surface area contributed by atoms with Gasteiger partial charge in [0, 0.05) is 30.1 Å². The van der Waals surface area contributed by atoms with Gasteiger partial charge in [0.1, 0.15) is 23.1 Å². The van der Waals surface area contributed by atoms with Gasteiger partial charge in [-0.2, -0.15) is 5.26 Å². The maximum absolute atomic E-state index is 15.2. The number of fused-ring (bicyclic) bond motifs is 1. The van der Waals surface area contributed by atoms with Gasteiger partial charge in [-0.15, -0.1) is 0 Å². The second-order valence-electron chi connectivity index (χ2n) is 12.5. The van der Waals surface area contributed by atoms with Crippen molar-refractivity contribution in [1.82, 2.24) is 19.9 Å². The SMILES string of the molecule is Cc1cc(-c2ccc(CS(=O)(=O)Cc3ccc(C#N)cc3)c(F)c2)nc2cnc(N[C@H]3C[C@H](F)CN(C(=O)OC(C)(C)C)C3)nc12. The number of aryl methyl sites for hydroxylation is 1. The van der Waals surface area contributed by atoms with E-state index < -0.39 is 45.3 Å². The maximum Gasteiger partial charge on any atom is 0.410 e. The molecule has 1 aliphatic rings. The number of nitrogens with zero attached hydrogens (tertiary/aromatic N) is 5. The number of rotatable bonds is 7. The Kier molecular flexibility index (Phi) is 9.21. The number of amides is 1. The lowest BCUT2D eigenvalue weighted by atomic mass is 10.0. The number of carbonyl (C=O) groups is 1. The van der Waals surface area contributed by atoms with Crippen LogP contribution in [0.1, 0.15) is 49.4 Å². The van der Waals surface area contributed by atoms with Crippen molar-refractivity contribution < 1.29 is 26.7 Å². The highest BCUT2D eigenvalue weighted by Gasteiger charge is 2.33. The Morgan fingerprint density at radius 1 is 1.11 bits per heavy atom. The fourth-order valence-corrected chi connectivity index (χ4v) is 6.75. The van der Waals surface area contributed by atoms with E-state index >= 15 is 4.39 Å². The van der Waals surface area contributed by atoms with Crippen molar-refractivity contribution in [1.29, 1.82) is 5.26 Å². The second kappa shape index (κ2) is 13.0. The number of nitrogens with one attached hydrogen (secondary N) is 1. The molecule has 0 radical (unpaired) electrons. The van der Waals surface area contributed by atoms with Gasteiger partial charge in [0.25, 0.3) is 0 Å². The summed E-state index contributed by atoms with van der Waals surface area (Å²) in [6, 6.07) is 13.8. The first kappa shape index (κ1) is 32.7. The van der Waals surface area contributed by atoms with Crippen molar-refractivity contribution in [3.63, 3.8) is 0 Å². The maximum atomic E-state index is 15.2. The van der Waals surface area contributed by atoms with Crippen LogP contribution in [0.25, 0.3) is 22.3 Å². The Morgan fingerprint density at radius 2 is 1.85 bits per heavy atom. The number of carbonyl (C=O) groups excluding carboxylic acids is 1. The van der Waals surface area contributed by atoms with Gasteiger partial charge in [0.2, 0.25) is 5.95 Å². The first-order chi connectivity index (χ1) is 21.7. The minimum atomic E-state index is -3.68. The fraction of sp³-hybridized carbons (Fsp3) is 0.364. The minimum Gasteiger partial charge on any atom is -0.444 e. The molecule has 240 valence electrons. The standard InChI is InChI=1S/C33H34F2N6O4S/c1-20-11-28(23-9-10-24(27(35)12-23)19-46(43,44)18-22-7-5-21(14-36)6-8-22)39-29-15-37-31(40-30(20)29)38-26-13-25(34)16-41(17-26)32(42)45-33(2,3)4/h5-12,15,25-26H,13,16-19H2,1-4H3,(H,37,38,40)/t25-,26-/m0/s1. The molecule has 1 N–H and O–H groups in total. The topological polar surface area (TPSA) is 138 Å². The molecule has 0 unspecified atom stereocenters. The number of nitriles is 1. The number of pyridine rings is 1. The summed E-state index contributed by atoms with van der Waals surface area (Å²) >= 11 is 0. The highest BCUT2D eigenvalue weighted by molar-refractivity contribution is 7.89. The molecular weight excluding hydrogens is 614 g/mol. The van der Waals surface area contributed by atoms with Gasteiger partial charge in [-0.05, 0) is 63.1 Å². The summed E-state index contributed by atoms with van der Waals surface area (Å²) in [6.07, 6.45) is -0.125. The summed E-state index contributed by atoms with van der Waals surface area (Å²) in [4.78, 5) is 27.4. The average molecular weight is 649 g/mol. The lowest BCUT2D eigenvalue weighted by Gasteiger charge is -2.36. The summed E-state index contributed by atoms with van der Waals surface area (Å²) in [5.41, 5.74) is 2.93. The number of halogens is 2. The van der Waals surface area contributed by atoms with Crippen LogP contribution in [0.3, 0.4) is 0 Å². The van der Waals surface area contributed by atoms with Crippen LogP contribution in [0.15, 0.2) is 54.7 Å². The molecule has 1 fully saturated rings. The van der Waals surface area contributed by atoms with E-state index in [-0.39, 0.29) is 36.8 Å². The van der Waals surface area contributed by atoms with E-state index in [4.69, 9.17) is 10.00 Å². The third-order valence-corrected chi connectivity index (χ3v) is 8.84. The number of benzene rings is 2. The predicted molar refractivity (Wildman–Crippen MR) is 170 cm³/mol. The van der Waals surface area contributed by atoms with Gasteiger partial charge in [-0.1, -0.05) is 24.3 Å². The van der Waals surface area contributed by atoms with E-state index in [1.54, 1.807) is 57.2 Å². The molecule has 2 atom stereocenters. The zero-order valence-electron chi connectivity index (χ0n) is 25.9. The first-order valence-electron chi connectivity index (χ1n) is 14.7. The van der Waals surface area contributed by atoms with Crippen LogP contribution in [0.2, 0.25) is 0 Å². The summed E-state index contributed by atoms with van der Waals surface area (Å²) in [6.45, 7) is 7.26. The van der Waals surface area contributed by atoms with Crippen LogP contribution in [0.5, 0.6) is 0 Å². The summed E-state index contributed by atoms with van der Waals surface area (Å²) in [7, 11) is -3.68. The zero-order valence-corrected chi connectivity index (χ0v) is 26.7. The number of likely N-dealkylation sites (tertiary alicyclic amines) is 1. The molecule has 0 saturated carbocycles. The van der Waals surface area contributed by atoms with Gasteiger partial charge >= 0.3 is 6.09 Å². The number of hydrogen-bond acceptors (Lipinski definition) is 9. The van der Waals surface area contributed by atoms with E-state index in [9.17, 15) is 17.6 Å². The molecule has 5 rings (SSSR count). The first-order valence-corrected chi connectivity index (χ1v) is 16.5. The van der Waals surface area contributed by atoms with Crippen molar-refractivity contribution in [3.8, 4) is 17.3 Å². The summed E-state index contributed by atoms with van der Waals surface area (Å²) in [5, 5.41) is 12.1. The van der Waals surface area contributed by atoms with Crippen molar-refractivity contribution >= 4 is 32.9 Å². The molecular formula is C33H34F2N6O4S. The molecule has 3 heterocycles. The summed E-state index contributed by atoms with van der Waals surface area (Å²) in [5.74, 6) is -1.17. The molecule has 1 saturated heterocycles. The number of sulfone groups is 1. The van der Waals surface area contributed by atoms with Crippen LogP contribution in [-0.2, 0) is 26.1 Å². The van der Waals surface area contributed by atoms with Crippen LogP contribution in [0, 0.1) is 24.1 Å². The molecule has 0 bridgehead atoms. The fourth-order valence-electron chi connectivity index (χ4n) is 5.24. The molecule has 0 aliphatic carbocycles. The summed E-state index contributed by atoms with van der Waals surface area (Å²) < 4.78 is 60.7. The second-order valence-corrected chi connectivity index (χ2v) is 14.5. The highest BCUT2D eigenvalue weighted by Crippen LogP contribution is 2.27. The van der Waals surface area contributed by atoms with Crippen LogP contribution in [0.4, 0.5) is 19.5 Å². The molecule has 2 aromatic carbocycles. The molecule has 1 amide bonds. The van der Waals surface area contributed by atoms with Crippen LogP contribution >= 0.6 is 0 Å². The Balaban J connectivity index is 1.29. The third-order valence-electron chi connectivity index (χ3n) is 7.32. The molecule has 46 heavy (non-hydrogen) atoms.